The first kappa shape index (κ1) is 15.6. The number of nitrogens with zero attached hydrogens (tertiary/aromatic N) is 1. The molecule has 2 unspecified atom stereocenters. The van der Waals surface area contributed by atoms with Crippen LogP contribution in [0.15, 0.2) is 60.7 Å². The Balaban J connectivity index is 1.59. The normalized spacial score (nSPS) is 25.5. The lowest BCUT2D eigenvalue weighted by Crippen LogP contribution is -2.37. The Bertz CT molecular complexity index is 589. The molecule has 0 aromatic heterocycles. The number of thioether (sulfide) groups is 1. The van der Waals surface area contributed by atoms with Crippen molar-refractivity contribution in [2.75, 3.05) is 19.4 Å². The van der Waals surface area contributed by atoms with Gasteiger partial charge in [-0.3, -0.25) is 4.90 Å². The molecule has 2 aromatic carbocycles. The molecule has 1 fully saturated rings. The molecule has 116 valence electrons. The van der Waals surface area contributed by atoms with E-state index in [1.54, 1.807) is 0 Å². The largest absolute Gasteiger partial charge is 0.349 e. The van der Waals surface area contributed by atoms with Crippen LogP contribution in [0, 0.1) is 0 Å². The van der Waals surface area contributed by atoms with Crippen LogP contribution in [0.5, 0.6) is 0 Å². The van der Waals surface area contributed by atoms with Crippen molar-refractivity contribution in [3.05, 3.63) is 71.8 Å². The summed E-state index contributed by atoms with van der Waals surface area (Å²) >= 11 is 1.89. The average Bonchev–Trinajstić information content (AvgIpc) is 2.85. The van der Waals surface area contributed by atoms with E-state index < -0.39 is 0 Å². The summed E-state index contributed by atoms with van der Waals surface area (Å²) in [7, 11) is 2.17. The lowest BCUT2D eigenvalue weighted by atomic mass is 10.1. The molecule has 0 spiro atoms. The molecule has 2 nitrogen and oxygen atoms in total. The summed E-state index contributed by atoms with van der Waals surface area (Å²) in [6.07, 6.45) is 1.08. The number of rotatable bonds is 5. The second-order valence-electron chi connectivity index (χ2n) is 5.83. The fourth-order valence-corrected chi connectivity index (χ4v) is 4.07. The van der Waals surface area contributed by atoms with Gasteiger partial charge in [0.15, 0.2) is 5.06 Å². The van der Waals surface area contributed by atoms with Crippen molar-refractivity contribution in [2.45, 2.75) is 24.4 Å². The molecule has 1 saturated heterocycles. The van der Waals surface area contributed by atoms with Gasteiger partial charge in [-0.2, -0.15) is 0 Å². The zero-order valence-electron chi connectivity index (χ0n) is 13.2. The molecule has 2 aromatic rings. The van der Waals surface area contributed by atoms with Crippen LogP contribution in [0.4, 0.5) is 0 Å². The zero-order valence-corrected chi connectivity index (χ0v) is 14.1. The SMILES string of the molecule is CN1C(c2ccccc2)COC1(C)SCCc1ccccc1. The highest BCUT2D eigenvalue weighted by atomic mass is 32.2. The van der Waals surface area contributed by atoms with Crippen LogP contribution in [0.1, 0.15) is 24.1 Å². The predicted molar refractivity (Wildman–Crippen MR) is 93.9 cm³/mol. The molecule has 0 bridgehead atoms. The molecule has 0 N–H and O–H groups in total. The Hall–Kier alpha value is -1.29. The van der Waals surface area contributed by atoms with Crippen LogP contribution in [0.25, 0.3) is 0 Å². The standard InChI is InChI=1S/C19H23NOS/c1-19(22-14-13-16-9-5-3-6-10-16)20(2)18(15-21-19)17-11-7-4-8-12-17/h3-12,18H,13-15H2,1-2H3. The van der Waals surface area contributed by atoms with Crippen molar-refractivity contribution >= 4 is 11.8 Å². The molecular formula is C19H23NOS. The molecule has 1 aliphatic heterocycles. The van der Waals surface area contributed by atoms with Gasteiger partial charge in [-0.1, -0.05) is 60.7 Å². The third-order valence-corrected chi connectivity index (χ3v) is 5.75. The zero-order chi connectivity index (χ0) is 15.4. The highest BCUT2D eigenvalue weighted by Gasteiger charge is 2.42. The molecule has 1 heterocycles. The number of aryl methyl sites for hydroxylation is 1. The second-order valence-corrected chi connectivity index (χ2v) is 7.28. The molecule has 1 aliphatic rings. The van der Waals surface area contributed by atoms with E-state index in [1.807, 2.05) is 11.8 Å². The summed E-state index contributed by atoms with van der Waals surface area (Å²) in [5.41, 5.74) is 2.72. The van der Waals surface area contributed by atoms with Gasteiger partial charge in [0.1, 0.15) is 0 Å². The lowest BCUT2D eigenvalue weighted by molar-refractivity contribution is 0.0265. The first-order valence-electron chi connectivity index (χ1n) is 7.79. The van der Waals surface area contributed by atoms with E-state index in [9.17, 15) is 0 Å². The third-order valence-electron chi connectivity index (χ3n) is 4.40. The second kappa shape index (κ2) is 6.86. The smallest absolute Gasteiger partial charge is 0.167 e. The molecule has 0 saturated carbocycles. The minimum Gasteiger partial charge on any atom is -0.349 e. The summed E-state index contributed by atoms with van der Waals surface area (Å²) < 4.78 is 6.15. The topological polar surface area (TPSA) is 12.5 Å². The van der Waals surface area contributed by atoms with E-state index in [2.05, 4.69) is 79.5 Å². The summed E-state index contributed by atoms with van der Waals surface area (Å²) in [4.78, 5) is 2.36. The monoisotopic (exact) mass is 313 g/mol. The van der Waals surface area contributed by atoms with Crippen LogP contribution in [-0.4, -0.2) is 29.4 Å². The summed E-state index contributed by atoms with van der Waals surface area (Å²) in [6, 6.07) is 21.6. The Morgan fingerprint density at radius 3 is 2.41 bits per heavy atom. The number of hydrogen-bond donors (Lipinski definition) is 0. The lowest BCUT2D eigenvalue weighted by Gasteiger charge is -2.32. The third kappa shape index (κ3) is 3.37. The Morgan fingerprint density at radius 2 is 1.73 bits per heavy atom. The van der Waals surface area contributed by atoms with Crippen molar-refractivity contribution in [1.29, 1.82) is 0 Å². The van der Waals surface area contributed by atoms with Crippen molar-refractivity contribution in [3.8, 4) is 0 Å². The first-order chi connectivity index (χ1) is 10.7. The molecule has 0 aliphatic carbocycles. The van der Waals surface area contributed by atoms with E-state index in [0.717, 1.165) is 18.8 Å². The summed E-state index contributed by atoms with van der Waals surface area (Å²) in [5, 5.41) is -0.241. The van der Waals surface area contributed by atoms with Crippen molar-refractivity contribution in [2.24, 2.45) is 0 Å². The van der Waals surface area contributed by atoms with E-state index in [4.69, 9.17) is 4.74 Å². The minimum absolute atomic E-state index is 0.241. The molecule has 0 amide bonds. The van der Waals surface area contributed by atoms with Crippen LogP contribution < -0.4 is 0 Å². The van der Waals surface area contributed by atoms with Gasteiger partial charge in [0.2, 0.25) is 0 Å². The van der Waals surface area contributed by atoms with E-state index in [1.165, 1.54) is 11.1 Å². The number of likely N-dealkylation sites (N-methyl/N-ethyl adjacent to an activating group) is 1. The van der Waals surface area contributed by atoms with Crippen LogP contribution in [-0.2, 0) is 11.2 Å². The average molecular weight is 313 g/mol. The van der Waals surface area contributed by atoms with Crippen LogP contribution in [0.2, 0.25) is 0 Å². The maximum atomic E-state index is 6.15. The highest BCUT2D eigenvalue weighted by Crippen LogP contribution is 2.42. The van der Waals surface area contributed by atoms with Gasteiger partial charge in [-0.25, -0.2) is 0 Å². The molecule has 22 heavy (non-hydrogen) atoms. The van der Waals surface area contributed by atoms with Gasteiger partial charge in [-0.15, -0.1) is 11.8 Å². The van der Waals surface area contributed by atoms with Crippen molar-refractivity contribution in [1.82, 2.24) is 4.90 Å². The van der Waals surface area contributed by atoms with Gasteiger partial charge in [0, 0.05) is 5.75 Å². The Morgan fingerprint density at radius 1 is 1.09 bits per heavy atom. The number of ether oxygens (including phenoxy) is 1. The molecule has 2 atom stereocenters. The fraction of sp³-hybridized carbons (Fsp3) is 0.368. The van der Waals surface area contributed by atoms with E-state index >= 15 is 0 Å². The number of benzene rings is 2. The summed E-state index contributed by atoms with van der Waals surface area (Å²) in [6.45, 7) is 2.95. The van der Waals surface area contributed by atoms with Crippen molar-refractivity contribution in [3.63, 3.8) is 0 Å². The molecular weight excluding hydrogens is 290 g/mol. The summed E-state index contributed by atoms with van der Waals surface area (Å²) in [5.74, 6) is 1.06. The van der Waals surface area contributed by atoms with Crippen LogP contribution >= 0.6 is 11.8 Å². The molecule has 3 heteroatoms. The molecule has 3 rings (SSSR count). The van der Waals surface area contributed by atoms with Crippen molar-refractivity contribution < 1.29 is 4.74 Å². The van der Waals surface area contributed by atoms with Gasteiger partial charge in [0.25, 0.3) is 0 Å². The van der Waals surface area contributed by atoms with Gasteiger partial charge >= 0.3 is 0 Å². The first-order valence-corrected chi connectivity index (χ1v) is 8.77. The molecule has 0 radical (unpaired) electrons. The highest BCUT2D eigenvalue weighted by molar-refractivity contribution is 8.00. The van der Waals surface area contributed by atoms with Gasteiger partial charge < -0.3 is 4.74 Å². The van der Waals surface area contributed by atoms with E-state index in [0.29, 0.717) is 6.04 Å². The van der Waals surface area contributed by atoms with Gasteiger partial charge in [0.05, 0.1) is 12.6 Å². The predicted octanol–water partition coefficient (Wildman–Crippen LogP) is 4.34. The Labute approximate surface area is 137 Å². The number of hydrogen-bond acceptors (Lipinski definition) is 3. The Kier molecular flexibility index (Phi) is 4.87. The fourth-order valence-electron chi connectivity index (χ4n) is 2.87. The maximum absolute atomic E-state index is 6.15. The quantitative estimate of drug-likeness (QED) is 0.815. The minimum atomic E-state index is -0.241. The van der Waals surface area contributed by atoms with Gasteiger partial charge in [-0.05, 0) is 31.5 Å². The maximum Gasteiger partial charge on any atom is 0.167 e. The van der Waals surface area contributed by atoms with E-state index in [-0.39, 0.29) is 5.06 Å². The van der Waals surface area contributed by atoms with Crippen LogP contribution in [0.3, 0.4) is 0 Å².